The van der Waals surface area contributed by atoms with E-state index in [1.54, 1.807) is 0 Å². The normalized spacial score (nSPS) is 11.3. The second-order valence-corrected chi connectivity index (χ2v) is 5.21. The lowest BCUT2D eigenvalue weighted by Gasteiger charge is -2.10. The number of amides is 1. The van der Waals surface area contributed by atoms with Gasteiger partial charge in [0, 0.05) is 11.3 Å². The number of carbonyl (C=O) groups excluding carboxylic acids is 1. The van der Waals surface area contributed by atoms with Crippen molar-refractivity contribution in [3.05, 3.63) is 70.8 Å². The van der Waals surface area contributed by atoms with Gasteiger partial charge in [-0.25, -0.2) is 0 Å². The molecule has 0 saturated carbocycles. The molecule has 21 heavy (non-hydrogen) atoms. The Labute approximate surface area is 126 Å². The molecule has 2 nitrogen and oxygen atoms in total. The largest absolute Gasteiger partial charge is 0.322 e. The van der Waals surface area contributed by atoms with Gasteiger partial charge in [0.05, 0.1) is 0 Å². The number of benzene rings is 2. The molecular weight excluding hydrogens is 258 g/mol. The Kier molecular flexibility index (Phi) is 4.94. The van der Waals surface area contributed by atoms with E-state index >= 15 is 0 Å². The predicted octanol–water partition coefficient (Wildman–Crippen LogP) is 4.74. The molecule has 0 spiro atoms. The van der Waals surface area contributed by atoms with Crippen LogP contribution >= 0.6 is 0 Å². The zero-order chi connectivity index (χ0) is 15.2. The van der Waals surface area contributed by atoms with Crippen molar-refractivity contribution in [2.24, 2.45) is 0 Å². The van der Waals surface area contributed by atoms with Crippen LogP contribution in [-0.4, -0.2) is 5.91 Å². The third kappa shape index (κ3) is 4.06. The highest BCUT2D eigenvalue weighted by atomic mass is 16.1. The maximum atomic E-state index is 12.4. The first-order valence-corrected chi connectivity index (χ1v) is 7.24. The molecule has 0 radical (unpaired) electrons. The van der Waals surface area contributed by atoms with Crippen molar-refractivity contribution in [3.63, 3.8) is 0 Å². The lowest BCUT2D eigenvalue weighted by molar-refractivity contribution is -0.112. The van der Waals surface area contributed by atoms with Crippen LogP contribution in [0, 0.1) is 13.8 Å². The fourth-order valence-electron chi connectivity index (χ4n) is 2.24. The number of nitrogens with one attached hydrogen (secondary N) is 1. The van der Waals surface area contributed by atoms with E-state index in [0.29, 0.717) is 6.42 Å². The summed E-state index contributed by atoms with van der Waals surface area (Å²) in [5.74, 6) is -0.0340. The van der Waals surface area contributed by atoms with Gasteiger partial charge >= 0.3 is 0 Å². The van der Waals surface area contributed by atoms with Gasteiger partial charge in [0.25, 0.3) is 5.91 Å². The van der Waals surface area contributed by atoms with E-state index in [2.05, 4.69) is 11.4 Å². The van der Waals surface area contributed by atoms with Crippen molar-refractivity contribution in [3.8, 4) is 0 Å². The second kappa shape index (κ2) is 6.89. The molecule has 0 saturated heterocycles. The van der Waals surface area contributed by atoms with Crippen molar-refractivity contribution in [2.45, 2.75) is 27.2 Å². The smallest absolute Gasteiger partial charge is 0.251 e. The zero-order valence-electron chi connectivity index (χ0n) is 12.8. The second-order valence-electron chi connectivity index (χ2n) is 5.21. The van der Waals surface area contributed by atoms with E-state index in [0.717, 1.165) is 22.4 Å². The van der Waals surface area contributed by atoms with Crippen LogP contribution in [0.2, 0.25) is 0 Å². The molecule has 2 aromatic rings. The van der Waals surface area contributed by atoms with Gasteiger partial charge in [0.15, 0.2) is 0 Å². The van der Waals surface area contributed by atoms with Crippen molar-refractivity contribution < 1.29 is 4.79 Å². The van der Waals surface area contributed by atoms with Crippen molar-refractivity contribution in [1.29, 1.82) is 0 Å². The summed E-state index contributed by atoms with van der Waals surface area (Å²) in [5.41, 5.74) is 4.98. The molecule has 0 aliphatic heterocycles. The van der Waals surface area contributed by atoms with Crippen LogP contribution in [0.15, 0.2) is 54.1 Å². The van der Waals surface area contributed by atoms with Crippen LogP contribution in [0.3, 0.4) is 0 Å². The summed E-state index contributed by atoms with van der Waals surface area (Å²) in [4.78, 5) is 12.4. The van der Waals surface area contributed by atoms with Crippen LogP contribution in [0.25, 0.3) is 6.08 Å². The molecule has 0 bridgehead atoms. The first kappa shape index (κ1) is 15.0. The maximum Gasteiger partial charge on any atom is 0.251 e. The van der Waals surface area contributed by atoms with Crippen molar-refractivity contribution in [1.82, 2.24) is 0 Å². The standard InChI is InChI=1S/C19H21NO/c1-4-17(13-16-8-6-5-7-9-16)19(21)20-18-11-10-14(2)12-15(18)3/h5-13H,4H2,1-3H3,(H,20,21)/b17-13+. The summed E-state index contributed by atoms with van der Waals surface area (Å²) in [6.45, 7) is 6.05. The topological polar surface area (TPSA) is 29.1 Å². The summed E-state index contributed by atoms with van der Waals surface area (Å²) < 4.78 is 0. The molecule has 0 fully saturated rings. The molecule has 2 aromatic carbocycles. The van der Waals surface area contributed by atoms with Crippen LogP contribution in [-0.2, 0) is 4.79 Å². The third-order valence-corrected chi connectivity index (χ3v) is 3.44. The first-order valence-electron chi connectivity index (χ1n) is 7.24. The maximum absolute atomic E-state index is 12.4. The summed E-state index contributed by atoms with van der Waals surface area (Å²) in [7, 11) is 0. The number of hydrogen-bond acceptors (Lipinski definition) is 1. The lowest BCUT2D eigenvalue weighted by Crippen LogP contribution is -2.14. The SMILES string of the molecule is CC/C(=C\c1ccccc1)C(=O)Nc1ccc(C)cc1C. The highest BCUT2D eigenvalue weighted by Crippen LogP contribution is 2.18. The highest BCUT2D eigenvalue weighted by Gasteiger charge is 2.09. The first-order chi connectivity index (χ1) is 10.1. The van der Waals surface area contributed by atoms with E-state index in [4.69, 9.17) is 0 Å². The molecule has 0 aliphatic rings. The van der Waals surface area contributed by atoms with E-state index in [1.165, 1.54) is 5.56 Å². The Balaban J connectivity index is 2.19. The molecule has 0 aromatic heterocycles. The number of hydrogen-bond donors (Lipinski definition) is 1. The molecule has 0 heterocycles. The fourth-order valence-corrected chi connectivity index (χ4v) is 2.24. The minimum absolute atomic E-state index is 0.0340. The van der Waals surface area contributed by atoms with Gasteiger partial charge < -0.3 is 5.32 Å². The van der Waals surface area contributed by atoms with E-state index < -0.39 is 0 Å². The van der Waals surface area contributed by atoms with Gasteiger partial charge in [0.1, 0.15) is 0 Å². The molecule has 1 N–H and O–H groups in total. The Hall–Kier alpha value is -2.35. The average molecular weight is 279 g/mol. The fraction of sp³-hybridized carbons (Fsp3) is 0.211. The summed E-state index contributed by atoms with van der Waals surface area (Å²) in [6, 6.07) is 16.0. The van der Waals surface area contributed by atoms with Crippen LogP contribution < -0.4 is 5.32 Å². The summed E-state index contributed by atoms with van der Waals surface area (Å²) in [6.07, 6.45) is 2.64. The molecule has 2 rings (SSSR count). The molecule has 0 atom stereocenters. The monoisotopic (exact) mass is 279 g/mol. The summed E-state index contributed by atoms with van der Waals surface area (Å²) >= 11 is 0. The van der Waals surface area contributed by atoms with Gasteiger partial charge in [-0.3, -0.25) is 4.79 Å². The van der Waals surface area contributed by atoms with E-state index in [-0.39, 0.29) is 5.91 Å². The van der Waals surface area contributed by atoms with Gasteiger partial charge in [-0.2, -0.15) is 0 Å². The number of aryl methyl sites for hydroxylation is 2. The third-order valence-electron chi connectivity index (χ3n) is 3.44. The van der Waals surface area contributed by atoms with E-state index in [1.807, 2.05) is 69.3 Å². The Morgan fingerprint density at radius 3 is 2.43 bits per heavy atom. The number of anilines is 1. The number of carbonyl (C=O) groups is 1. The average Bonchev–Trinajstić information content (AvgIpc) is 2.48. The van der Waals surface area contributed by atoms with Crippen molar-refractivity contribution in [2.75, 3.05) is 5.32 Å². The Bertz CT molecular complexity index is 657. The van der Waals surface area contributed by atoms with Crippen LogP contribution in [0.1, 0.15) is 30.0 Å². The predicted molar refractivity (Wildman–Crippen MR) is 89.3 cm³/mol. The van der Waals surface area contributed by atoms with Crippen molar-refractivity contribution >= 4 is 17.7 Å². The van der Waals surface area contributed by atoms with Gasteiger partial charge in [0.2, 0.25) is 0 Å². The molecule has 0 aliphatic carbocycles. The molecular formula is C19H21NO. The quantitative estimate of drug-likeness (QED) is 0.805. The Morgan fingerprint density at radius 2 is 1.81 bits per heavy atom. The number of rotatable bonds is 4. The summed E-state index contributed by atoms with van der Waals surface area (Å²) in [5, 5.41) is 3.00. The minimum Gasteiger partial charge on any atom is -0.322 e. The van der Waals surface area contributed by atoms with Gasteiger partial charge in [-0.1, -0.05) is 55.0 Å². The molecule has 2 heteroatoms. The lowest BCUT2D eigenvalue weighted by atomic mass is 10.1. The van der Waals surface area contributed by atoms with Crippen LogP contribution in [0.5, 0.6) is 0 Å². The zero-order valence-corrected chi connectivity index (χ0v) is 12.8. The molecule has 0 unspecified atom stereocenters. The highest BCUT2D eigenvalue weighted by molar-refractivity contribution is 6.07. The molecule has 1 amide bonds. The van der Waals surface area contributed by atoms with Crippen LogP contribution in [0.4, 0.5) is 5.69 Å². The van der Waals surface area contributed by atoms with E-state index in [9.17, 15) is 4.79 Å². The Morgan fingerprint density at radius 1 is 1.10 bits per heavy atom. The van der Waals surface area contributed by atoms with Gasteiger partial charge in [-0.15, -0.1) is 0 Å². The van der Waals surface area contributed by atoms with Gasteiger partial charge in [-0.05, 0) is 43.5 Å². The molecule has 108 valence electrons. The minimum atomic E-state index is -0.0340.